The molecule has 0 spiro atoms. The third kappa shape index (κ3) is 13.0. The minimum absolute atomic E-state index is 0.0196. The first-order valence-corrected chi connectivity index (χ1v) is 15.7. The van der Waals surface area contributed by atoms with E-state index in [0.29, 0.717) is 53.4 Å². The summed E-state index contributed by atoms with van der Waals surface area (Å²) in [7, 11) is 0. The molecule has 51 heavy (non-hydrogen) atoms. The standard InChI is InChI=1S/C32H30ClN3O8.C3H7NO3/c33-26-12-24(16-36-27(18-38)32(39)40)29(43-19-22-4-1-3-21(11-22)15-34)14-30(26)44-20-23(17-37)5-2-8-35-25-6-7-28-31(13-25)42-10-9-41-28;4-2(1-5)3(6)7/h1-8,11-14,17,27,35-36,38H,9-10,16,18-20H2,(H,39,40);2,5H,1,4H2,(H,6,7)/b8-2-,23-5+;/t27-;2-/m11/s1. The fourth-order valence-corrected chi connectivity index (χ4v) is 4.36. The molecule has 0 radical (unpaired) electrons. The van der Waals surface area contributed by atoms with Crippen molar-refractivity contribution >= 4 is 35.5 Å². The molecule has 15 nitrogen and oxygen atoms in total. The Bertz CT molecular complexity index is 1760. The fourth-order valence-electron chi connectivity index (χ4n) is 4.12. The number of ether oxygens (including phenoxy) is 4. The van der Waals surface area contributed by atoms with Crippen molar-refractivity contribution in [2.45, 2.75) is 25.2 Å². The summed E-state index contributed by atoms with van der Waals surface area (Å²) >= 11 is 6.48. The molecule has 0 amide bonds. The lowest BCUT2D eigenvalue weighted by atomic mass is 10.1. The Morgan fingerprint density at radius 1 is 1.00 bits per heavy atom. The van der Waals surface area contributed by atoms with E-state index in [2.05, 4.69) is 16.7 Å². The number of aldehydes is 1. The molecule has 4 rings (SSSR count). The molecular formula is C35H37ClN4O11. The Hall–Kier alpha value is -5.63. The van der Waals surface area contributed by atoms with E-state index in [0.717, 1.165) is 11.3 Å². The van der Waals surface area contributed by atoms with E-state index >= 15 is 0 Å². The molecule has 3 aromatic carbocycles. The molecule has 0 unspecified atom stereocenters. The highest BCUT2D eigenvalue weighted by molar-refractivity contribution is 6.32. The van der Waals surface area contributed by atoms with Crippen molar-refractivity contribution in [2.24, 2.45) is 5.73 Å². The number of rotatable bonds is 17. The van der Waals surface area contributed by atoms with Crippen molar-refractivity contribution in [3.05, 3.63) is 100 Å². The maximum atomic E-state index is 11.7. The molecule has 3 aromatic rings. The number of nitrogens with two attached hydrogens (primary N) is 1. The van der Waals surface area contributed by atoms with Crippen molar-refractivity contribution in [3.8, 4) is 29.1 Å². The summed E-state index contributed by atoms with van der Waals surface area (Å²) in [6, 6.07) is 15.2. The number of aliphatic hydroxyl groups is 2. The summed E-state index contributed by atoms with van der Waals surface area (Å²) in [5.41, 5.74) is 7.60. The van der Waals surface area contributed by atoms with Crippen molar-refractivity contribution in [2.75, 3.05) is 38.4 Å². The van der Waals surface area contributed by atoms with Crippen LogP contribution in [0.2, 0.25) is 5.02 Å². The third-order valence-electron chi connectivity index (χ3n) is 6.84. The van der Waals surface area contributed by atoms with Crippen molar-refractivity contribution in [1.29, 1.82) is 5.26 Å². The molecule has 0 saturated carbocycles. The number of aliphatic hydroxyl groups excluding tert-OH is 2. The van der Waals surface area contributed by atoms with Crippen molar-refractivity contribution in [3.63, 3.8) is 0 Å². The van der Waals surface area contributed by atoms with Gasteiger partial charge in [0.25, 0.3) is 0 Å². The van der Waals surface area contributed by atoms with E-state index in [1.165, 1.54) is 0 Å². The van der Waals surface area contributed by atoms with E-state index in [4.69, 9.17) is 46.5 Å². The quantitative estimate of drug-likeness (QED) is 0.0601. The number of carboxylic acids is 2. The van der Waals surface area contributed by atoms with Gasteiger partial charge in [-0.05, 0) is 42.0 Å². The molecule has 0 aliphatic carbocycles. The molecule has 0 fully saturated rings. The second-order valence-electron chi connectivity index (χ2n) is 10.6. The number of hydrogen-bond acceptors (Lipinski definition) is 13. The number of nitriles is 1. The molecule has 1 heterocycles. The SMILES string of the molecule is N#Cc1cccc(COc2cc(OC/C(C=O)=C/C=C\Nc3ccc4c(c3)OCCO4)c(Cl)cc2CN[C@H](CO)C(=O)O)c1.N[C@H](CO)C(=O)O. The van der Waals surface area contributed by atoms with Gasteiger partial charge < -0.3 is 50.4 Å². The molecule has 16 heteroatoms. The van der Waals surface area contributed by atoms with Gasteiger partial charge >= 0.3 is 11.9 Å². The highest BCUT2D eigenvalue weighted by atomic mass is 35.5. The van der Waals surface area contributed by atoms with Crippen LogP contribution in [0.4, 0.5) is 5.69 Å². The van der Waals surface area contributed by atoms with Crippen LogP contribution in [0.15, 0.2) is 78.5 Å². The van der Waals surface area contributed by atoms with Crippen molar-refractivity contribution in [1.82, 2.24) is 5.32 Å². The van der Waals surface area contributed by atoms with Gasteiger partial charge in [-0.3, -0.25) is 19.7 Å². The van der Waals surface area contributed by atoms with E-state index < -0.39 is 37.2 Å². The van der Waals surface area contributed by atoms with Gasteiger partial charge in [-0.1, -0.05) is 29.8 Å². The topological polar surface area (TPSA) is 243 Å². The number of nitrogens with zero attached hydrogens (tertiary/aromatic N) is 1. The highest BCUT2D eigenvalue weighted by Crippen LogP contribution is 2.34. The van der Waals surface area contributed by atoms with Crippen LogP contribution in [0.5, 0.6) is 23.0 Å². The first-order valence-electron chi connectivity index (χ1n) is 15.3. The van der Waals surface area contributed by atoms with Crippen LogP contribution in [0.3, 0.4) is 0 Å². The van der Waals surface area contributed by atoms with Gasteiger partial charge in [-0.15, -0.1) is 0 Å². The Morgan fingerprint density at radius 2 is 1.76 bits per heavy atom. The molecule has 8 N–H and O–H groups in total. The predicted octanol–water partition coefficient (Wildman–Crippen LogP) is 2.62. The number of hydrogen-bond donors (Lipinski definition) is 7. The molecule has 270 valence electrons. The molecule has 0 aromatic heterocycles. The van der Waals surface area contributed by atoms with Crippen LogP contribution in [0, 0.1) is 11.3 Å². The molecular weight excluding hydrogens is 688 g/mol. The van der Waals surface area contributed by atoms with Gasteiger partial charge in [0.2, 0.25) is 0 Å². The number of nitrogens with one attached hydrogen (secondary N) is 2. The second-order valence-corrected chi connectivity index (χ2v) is 11.0. The largest absolute Gasteiger partial charge is 0.488 e. The number of halogens is 1. The Kier molecular flexibility index (Phi) is 16.2. The number of allylic oxidation sites excluding steroid dienone is 2. The zero-order valence-corrected chi connectivity index (χ0v) is 27.9. The summed E-state index contributed by atoms with van der Waals surface area (Å²) in [6.07, 6.45) is 5.57. The number of benzene rings is 3. The van der Waals surface area contributed by atoms with Crippen LogP contribution >= 0.6 is 11.6 Å². The maximum Gasteiger partial charge on any atom is 0.323 e. The average molecular weight is 725 g/mol. The van der Waals surface area contributed by atoms with Gasteiger partial charge in [-0.2, -0.15) is 5.26 Å². The summed E-state index contributed by atoms with van der Waals surface area (Å²) < 4.78 is 23.0. The minimum atomic E-state index is -1.21. The number of carbonyl (C=O) groups excluding carboxylic acids is 1. The lowest BCUT2D eigenvalue weighted by Gasteiger charge is -2.18. The van der Waals surface area contributed by atoms with Gasteiger partial charge in [0.05, 0.1) is 29.9 Å². The van der Waals surface area contributed by atoms with E-state index in [-0.39, 0.29) is 30.5 Å². The summed E-state index contributed by atoms with van der Waals surface area (Å²) in [4.78, 5) is 32.7. The molecule has 0 bridgehead atoms. The van der Waals surface area contributed by atoms with Crippen LogP contribution < -0.4 is 35.3 Å². The van der Waals surface area contributed by atoms with E-state index in [1.807, 2.05) is 18.2 Å². The van der Waals surface area contributed by atoms with Gasteiger partial charge in [-0.25, -0.2) is 0 Å². The highest BCUT2D eigenvalue weighted by Gasteiger charge is 2.18. The molecule has 1 aliphatic heterocycles. The number of aliphatic carboxylic acids is 2. The third-order valence-corrected chi connectivity index (χ3v) is 7.14. The first kappa shape index (κ1) is 39.8. The predicted molar refractivity (Wildman–Crippen MR) is 185 cm³/mol. The van der Waals surface area contributed by atoms with E-state index in [1.54, 1.807) is 54.8 Å². The Morgan fingerprint density at radius 3 is 2.41 bits per heavy atom. The fraction of sp³-hybridized carbons (Fsp3) is 0.257. The zero-order valence-electron chi connectivity index (χ0n) is 27.2. The van der Waals surface area contributed by atoms with Crippen LogP contribution in [0.25, 0.3) is 0 Å². The monoisotopic (exact) mass is 724 g/mol. The zero-order chi connectivity index (χ0) is 37.2. The normalized spacial score (nSPS) is 13.2. The van der Waals surface area contributed by atoms with Gasteiger partial charge in [0.1, 0.15) is 56.3 Å². The number of carboxylic acid groups (broad SMARTS) is 2. The molecule has 2 atom stereocenters. The second kappa shape index (κ2) is 20.8. The van der Waals surface area contributed by atoms with Crippen LogP contribution in [0.1, 0.15) is 16.7 Å². The summed E-state index contributed by atoms with van der Waals surface area (Å²) in [6.45, 7) is -0.0847. The van der Waals surface area contributed by atoms with Gasteiger partial charge in [0.15, 0.2) is 11.5 Å². The minimum Gasteiger partial charge on any atom is -0.488 e. The number of anilines is 1. The summed E-state index contributed by atoms with van der Waals surface area (Å²) in [5, 5.41) is 49.8. The number of carbonyl (C=O) groups is 3. The maximum absolute atomic E-state index is 11.7. The molecule has 1 aliphatic rings. The Balaban J connectivity index is 0.000000908. The lowest BCUT2D eigenvalue weighted by Crippen LogP contribution is -2.39. The van der Waals surface area contributed by atoms with Gasteiger partial charge in [0, 0.05) is 41.7 Å². The summed E-state index contributed by atoms with van der Waals surface area (Å²) in [5.74, 6) is -0.480. The van der Waals surface area contributed by atoms with Crippen molar-refractivity contribution < 1.29 is 53.8 Å². The molecule has 0 saturated heterocycles. The van der Waals surface area contributed by atoms with Crippen LogP contribution in [-0.2, 0) is 27.5 Å². The van der Waals surface area contributed by atoms with Crippen LogP contribution in [-0.4, -0.2) is 83.8 Å². The first-order chi connectivity index (χ1) is 24.6. The lowest BCUT2D eigenvalue weighted by molar-refractivity contribution is -0.141. The van der Waals surface area contributed by atoms with E-state index in [9.17, 15) is 29.9 Å². The average Bonchev–Trinajstić information content (AvgIpc) is 3.14. The Labute approximate surface area is 298 Å². The number of fused-ring (bicyclic) bond motifs is 1. The smallest absolute Gasteiger partial charge is 0.323 e.